The number of hydrogen-bond acceptors (Lipinski definition) is 2. The molecule has 3 aliphatic carbocycles. The maximum Gasteiger partial charge on any atom is 0.0540 e. The van der Waals surface area contributed by atoms with E-state index in [0.717, 1.165) is 32.1 Å². The Balaban J connectivity index is 0.993. The molecule has 2 heteroatoms. The van der Waals surface area contributed by atoms with Gasteiger partial charge in [0.2, 0.25) is 0 Å². The number of nitrogens with zero attached hydrogens (tertiary/aromatic N) is 2. The summed E-state index contributed by atoms with van der Waals surface area (Å²) < 4.78 is 0. The van der Waals surface area contributed by atoms with Crippen LogP contribution in [0.2, 0.25) is 0 Å². The topological polar surface area (TPSA) is 6.48 Å². The van der Waals surface area contributed by atoms with Gasteiger partial charge in [0, 0.05) is 52.9 Å². The largest absolute Gasteiger partial charge is 0.338 e. The van der Waals surface area contributed by atoms with Crippen LogP contribution in [-0.2, 0) is 19.3 Å². The summed E-state index contributed by atoms with van der Waals surface area (Å²) in [6.45, 7) is 0. The lowest BCUT2D eigenvalue weighted by atomic mass is 9.78. The van der Waals surface area contributed by atoms with E-state index in [1.54, 1.807) is 5.56 Å². The number of anilines is 5. The van der Waals surface area contributed by atoms with Crippen molar-refractivity contribution in [3.63, 3.8) is 0 Å². The van der Waals surface area contributed by atoms with Gasteiger partial charge in [-0.2, -0.15) is 0 Å². The van der Waals surface area contributed by atoms with Crippen LogP contribution in [0.5, 0.6) is 0 Å². The summed E-state index contributed by atoms with van der Waals surface area (Å²) in [5.41, 5.74) is 30.3. The lowest BCUT2D eigenvalue weighted by Gasteiger charge is -2.39. The van der Waals surface area contributed by atoms with Gasteiger partial charge < -0.3 is 9.80 Å². The van der Waals surface area contributed by atoms with Gasteiger partial charge in [-0.3, -0.25) is 0 Å². The van der Waals surface area contributed by atoms with E-state index in [1.165, 1.54) is 128 Å². The van der Waals surface area contributed by atoms with Crippen LogP contribution >= 0.6 is 0 Å². The summed E-state index contributed by atoms with van der Waals surface area (Å²) in [6.07, 6.45) is 5.08. The van der Waals surface area contributed by atoms with Gasteiger partial charge in [0.25, 0.3) is 0 Å². The fraction of sp³-hybridized carbons (Fsp3) is 0.108. The second-order valence-corrected chi connectivity index (χ2v) is 19.3. The number of hydrogen-bond donors (Lipinski definition) is 0. The van der Waals surface area contributed by atoms with Crippen LogP contribution in [0, 0.1) is 0 Å². The normalized spacial score (nSPS) is 16.6. The maximum atomic E-state index is 2.72. The van der Waals surface area contributed by atoms with E-state index in [4.69, 9.17) is 0 Å². The Morgan fingerprint density at radius 2 is 0.836 bits per heavy atom. The minimum absolute atomic E-state index is 0.254. The zero-order valence-corrected chi connectivity index (χ0v) is 37.2. The fourth-order valence-electron chi connectivity index (χ4n) is 13.4. The third-order valence-electron chi connectivity index (χ3n) is 16.0. The Kier molecular flexibility index (Phi) is 7.95. The minimum atomic E-state index is 0.254. The summed E-state index contributed by atoms with van der Waals surface area (Å²) in [5, 5.41) is 2.64. The molecule has 2 unspecified atom stereocenters. The molecule has 0 saturated heterocycles. The third-order valence-corrected chi connectivity index (χ3v) is 16.0. The number of fused-ring (bicyclic) bond motifs is 10. The molecule has 0 fully saturated rings. The van der Waals surface area contributed by atoms with Gasteiger partial charge in [-0.1, -0.05) is 176 Å². The van der Waals surface area contributed by atoms with Crippen LogP contribution in [0.15, 0.2) is 206 Å². The summed E-state index contributed by atoms with van der Waals surface area (Å²) >= 11 is 0. The zero-order chi connectivity index (χ0) is 43.7. The van der Waals surface area contributed by atoms with Crippen LogP contribution in [-0.4, -0.2) is 6.04 Å². The molecule has 0 spiro atoms. The van der Waals surface area contributed by atoms with Gasteiger partial charge in [0.1, 0.15) is 0 Å². The highest BCUT2D eigenvalue weighted by Crippen LogP contribution is 2.65. The summed E-state index contributed by atoms with van der Waals surface area (Å²) in [7, 11) is 0. The van der Waals surface area contributed by atoms with Crippen molar-refractivity contribution in [1.29, 1.82) is 0 Å². The first-order chi connectivity index (χ1) is 33.3. The number of benzene rings is 10. The quantitative estimate of drug-likeness (QED) is 0.174. The Hall–Kier alpha value is -7.94. The number of para-hydroxylation sites is 4. The van der Waals surface area contributed by atoms with Gasteiger partial charge >= 0.3 is 0 Å². The van der Waals surface area contributed by atoms with E-state index in [0.29, 0.717) is 6.04 Å². The second kappa shape index (κ2) is 14.3. The molecule has 2 heterocycles. The molecule has 2 nitrogen and oxygen atoms in total. The SMILES string of the molecule is c1ccc(-c2c3c(c(-c4ccccc4)c4c2-c2cccc5c2C4CCC(N2c4ccccc4Cc4ccccc42)C5)-c2ccc(N4c5ccccc5Cc5ccccc54)c4cccc-3c24)cc1. The van der Waals surface area contributed by atoms with Crippen molar-refractivity contribution in [2.24, 2.45) is 0 Å². The van der Waals surface area contributed by atoms with Crippen LogP contribution in [0.25, 0.3) is 66.4 Å². The third kappa shape index (κ3) is 5.27. The molecule has 0 amide bonds. The molecule has 15 rings (SSSR count). The first kappa shape index (κ1) is 37.3. The molecule has 0 bridgehead atoms. The van der Waals surface area contributed by atoms with Crippen LogP contribution < -0.4 is 9.80 Å². The molecule has 2 atom stereocenters. The molecule has 0 aromatic heterocycles. The average molecular weight is 855 g/mol. The van der Waals surface area contributed by atoms with Gasteiger partial charge in [0.05, 0.1) is 5.69 Å². The molecule has 0 radical (unpaired) electrons. The monoisotopic (exact) mass is 854 g/mol. The van der Waals surface area contributed by atoms with E-state index >= 15 is 0 Å². The van der Waals surface area contributed by atoms with Crippen LogP contribution in [0.4, 0.5) is 28.4 Å². The van der Waals surface area contributed by atoms with Gasteiger partial charge in [0.15, 0.2) is 0 Å². The van der Waals surface area contributed by atoms with E-state index in [2.05, 4.69) is 216 Å². The summed E-state index contributed by atoms with van der Waals surface area (Å²) in [4.78, 5) is 5.26. The second-order valence-electron chi connectivity index (χ2n) is 19.3. The summed E-state index contributed by atoms with van der Waals surface area (Å²) in [5.74, 6) is 0.254. The first-order valence-corrected chi connectivity index (χ1v) is 24.2. The smallest absolute Gasteiger partial charge is 0.0540 e. The zero-order valence-electron chi connectivity index (χ0n) is 37.2. The lowest BCUT2D eigenvalue weighted by Crippen LogP contribution is -2.35. The lowest BCUT2D eigenvalue weighted by molar-refractivity contribution is 0.566. The van der Waals surface area contributed by atoms with Crippen molar-refractivity contribution in [2.75, 3.05) is 9.80 Å². The first-order valence-electron chi connectivity index (χ1n) is 24.2. The maximum absolute atomic E-state index is 2.72. The standard InChI is InChI=1S/C65H46N2/c1-3-17-40(18-4-1)59-62-49-27-15-25-46-39-47(66-53-29-11-7-21-42(53)37-43-22-8-12-30-54(43)66)33-34-51(58(46)49)64(62)60(41-19-5-2-6-20-41)65-52-35-36-57(48-26-16-28-50(61(48)52)63(59)65)67-55-31-13-9-23-44(55)38-45-24-10-14-32-56(45)67/h1-32,35-36,47,51H,33-34,37-39H2. The van der Waals surface area contributed by atoms with Crippen molar-refractivity contribution in [3.8, 4) is 55.6 Å². The van der Waals surface area contributed by atoms with Crippen molar-refractivity contribution >= 4 is 39.2 Å². The predicted octanol–water partition coefficient (Wildman–Crippen LogP) is 16.8. The van der Waals surface area contributed by atoms with E-state index < -0.39 is 0 Å². The highest BCUT2D eigenvalue weighted by molar-refractivity contribution is 6.26. The van der Waals surface area contributed by atoms with Crippen molar-refractivity contribution in [2.45, 2.75) is 44.1 Å². The Labute approximate surface area is 392 Å². The Morgan fingerprint density at radius 3 is 1.49 bits per heavy atom. The Morgan fingerprint density at radius 1 is 0.328 bits per heavy atom. The fourth-order valence-corrected chi connectivity index (χ4v) is 13.4. The molecule has 316 valence electrons. The number of rotatable bonds is 4. The minimum Gasteiger partial charge on any atom is -0.338 e. The van der Waals surface area contributed by atoms with Crippen molar-refractivity contribution in [3.05, 3.63) is 245 Å². The molecular formula is C65H46N2. The molecule has 67 heavy (non-hydrogen) atoms. The average Bonchev–Trinajstić information content (AvgIpc) is 3.82. The van der Waals surface area contributed by atoms with E-state index in [-0.39, 0.29) is 5.92 Å². The molecule has 10 aromatic carbocycles. The highest BCUT2D eigenvalue weighted by Gasteiger charge is 2.43. The van der Waals surface area contributed by atoms with Crippen LogP contribution in [0.3, 0.4) is 0 Å². The van der Waals surface area contributed by atoms with Gasteiger partial charge in [-0.15, -0.1) is 0 Å². The molecule has 0 saturated carbocycles. The van der Waals surface area contributed by atoms with E-state index in [1.807, 2.05) is 0 Å². The van der Waals surface area contributed by atoms with Gasteiger partial charge in [-0.05, 0) is 150 Å². The van der Waals surface area contributed by atoms with Gasteiger partial charge in [-0.25, -0.2) is 0 Å². The van der Waals surface area contributed by atoms with Crippen molar-refractivity contribution in [1.82, 2.24) is 0 Å². The molecule has 10 aromatic rings. The summed E-state index contributed by atoms with van der Waals surface area (Å²) in [6, 6.07) is 78.7. The van der Waals surface area contributed by atoms with Crippen molar-refractivity contribution < 1.29 is 0 Å². The van der Waals surface area contributed by atoms with Crippen LogP contribution in [0.1, 0.15) is 57.7 Å². The Bertz CT molecular complexity index is 3600. The molecular weight excluding hydrogens is 809 g/mol. The molecule has 2 aliphatic heterocycles. The highest BCUT2D eigenvalue weighted by atomic mass is 15.2. The van der Waals surface area contributed by atoms with E-state index in [9.17, 15) is 0 Å². The molecule has 0 N–H and O–H groups in total. The predicted molar refractivity (Wildman–Crippen MR) is 279 cm³/mol. The molecule has 5 aliphatic rings.